The minimum Gasteiger partial charge on any atom is -0.383 e. The molecule has 0 aliphatic rings. The predicted molar refractivity (Wildman–Crippen MR) is 71.1 cm³/mol. The Morgan fingerprint density at radius 3 is 2.95 bits per heavy atom. The van der Waals surface area contributed by atoms with Crippen molar-refractivity contribution in [2.24, 2.45) is 0 Å². The van der Waals surface area contributed by atoms with Crippen LogP contribution in [0.3, 0.4) is 0 Å². The highest BCUT2D eigenvalue weighted by Gasteiger charge is 2.15. The number of imidazole rings is 1. The number of fused-ring (bicyclic) bond motifs is 1. The summed E-state index contributed by atoms with van der Waals surface area (Å²) in [6.45, 7) is 2.87. The van der Waals surface area contributed by atoms with Crippen molar-refractivity contribution in [2.75, 3.05) is 5.73 Å². The molecule has 0 aliphatic heterocycles. The van der Waals surface area contributed by atoms with Crippen LogP contribution in [0.15, 0.2) is 30.6 Å². The van der Waals surface area contributed by atoms with Gasteiger partial charge in [0.05, 0.1) is 5.69 Å². The van der Waals surface area contributed by atoms with E-state index in [1.165, 1.54) is 12.3 Å². The number of hydrogen-bond donors (Lipinski definition) is 1. The highest BCUT2D eigenvalue weighted by Crippen LogP contribution is 2.26. The van der Waals surface area contributed by atoms with Crippen molar-refractivity contribution in [1.29, 1.82) is 0 Å². The summed E-state index contributed by atoms with van der Waals surface area (Å²) in [4.78, 5) is 4.45. The number of anilines is 1. The first-order valence-electron chi connectivity index (χ1n) is 6.16. The van der Waals surface area contributed by atoms with Gasteiger partial charge in [-0.05, 0) is 24.6 Å². The first-order chi connectivity index (χ1) is 9.20. The van der Waals surface area contributed by atoms with Crippen LogP contribution in [0.1, 0.15) is 13.3 Å². The van der Waals surface area contributed by atoms with Gasteiger partial charge < -0.3 is 5.73 Å². The molecule has 0 aromatic carbocycles. The molecule has 3 heterocycles. The minimum atomic E-state index is -0.342. The predicted octanol–water partition coefficient (Wildman–Crippen LogP) is 2.33. The largest absolute Gasteiger partial charge is 0.383 e. The van der Waals surface area contributed by atoms with Gasteiger partial charge in [0.15, 0.2) is 0 Å². The molecule has 3 aromatic rings. The van der Waals surface area contributed by atoms with Crippen molar-refractivity contribution in [3.05, 3.63) is 36.4 Å². The van der Waals surface area contributed by atoms with Crippen LogP contribution in [0.4, 0.5) is 10.2 Å². The van der Waals surface area contributed by atoms with E-state index < -0.39 is 0 Å². The Hall–Kier alpha value is -2.37. The molecule has 0 aliphatic carbocycles. The lowest BCUT2D eigenvalue weighted by Crippen LogP contribution is -2.03. The van der Waals surface area contributed by atoms with E-state index in [1.807, 2.05) is 10.7 Å². The molecule has 0 unspecified atom stereocenters. The van der Waals surface area contributed by atoms with Crippen LogP contribution in [0.2, 0.25) is 0 Å². The normalized spacial score (nSPS) is 11.3. The van der Waals surface area contributed by atoms with Crippen molar-refractivity contribution in [3.8, 4) is 11.4 Å². The number of nitrogens with zero attached hydrogens (tertiary/aromatic N) is 4. The van der Waals surface area contributed by atoms with Crippen LogP contribution in [-0.2, 0) is 6.54 Å². The van der Waals surface area contributed by atoms with Gasteiger partial charge in [0, 0.05) is 18.9 Å². The number of halogens is 1. The zero-order valence-electron chi connectivity index (χ0n) is 10.5. The van der Waals surface area contributed by atoms with Gasteiger partial charge in [-0.1, -0.05) is 6.92 Å². The second-order valence-corrected chi connectivity index (χ2v) is 4.36. The van der Waals surface area contributed by atoms with E-state index >= 15 is 0 Å². The summed E-state index contributed by atoms with van der Waals surface area (Å²) < 4.78 is 16.7. The fourth-order valence-electron chi connectivity index (χ4n) is 2.15. The SMILES string of the molecule is CCCn1nccc1-c1nc2ccc(F)cn2c1N. The lowest BCUT2D eigenvalue weighted by molar-refractivity contribution is 0.608. The van der Waals surface area contributed by atoms with Crippen molar-refractivity contribution in [3.63, 3.8) is 0 Å². The topological polar surface area (TPSA) is 61.1 Å². The van der Waals surface area contributed by atoms with Crippen LogP contribution >= 0.6 is 0 Å². The Labute approximate surface area is 109 Å². The molecule has 0 amide bonds. The molecule has 0 atom stereocenters. The lowest BCUT2D eigenvalue weighted by atomic mass is 10.3. The molecule has 6 heteroatoms. The summed E-state index contributed by atoms with van der Waals surface area (Å²) in [6, 6.07) is 4.84. The summed E-state index contributed by atoms with van der Waals surface area (Å²) in [5.41, 5.74) is 8.17. The maximum atomic E-state index is 13.2. The van der Waals surface area contributed by atoms with Crippen LogP contribution < -0.4 is 5.73 Å². The van der Waals surface area contributed by atoms with Crippen molar-refractivity contribution >= 4 is 11.5 Å². The summed E-state index contributed by atoms with van der Waals surface area (Å²) in [6.07, 6.45) is 4.02. The highest BCUT2D eigenvalue weighted by molar-refractivity contribution is 5.72. The third-order valence-electron chi connectivity index (χ3n) is 3.01. The second-order valence-electron chi connectivity index (χ2n) is 4.36. The quantitative estimate of drug-likeness (QED) is 0.785. The molecule has 0 spiro atoms. The fourth-order valence-corrected chi connectivity index (χ4v) is 2.15. The van der Waals surface area contributed by atoms with Gasteiger partial charge in [-0.3, -0.25) is 9.08 Å². The second kappa shape index (κ2) is 4.38. The molecule has 0 saturated carbocycles. The van der Waals surface area contributed by atoms with E-state index in [0.717, 1.165) is 18.7 Å². The number of nitrogen functional groups attached to an aromatic ring is 1. The summed E-state index contributed by atoms with van der Waals surface area (Å²) in [5.74, 6) is 0.0811. The van der Waals surface area contributed by atoms with E-state index in [9.17, 15) is 4.39 Å². The third-order valence-corrected chi connectivity index (χ3v) is 3.01. The van der Waals surface area contributed by atoms with E-state index in [2.05, 4.69) is 17.0 Å². The zero-order chi connectivity index (χ0) is 13.4. The molecule has 0 fully saturated rings. The summed E-state index contributed by atoms with van der Waals surface area (Å²) >= 11 is 0. The number of rotatable bonds is 3. The molecule has 19 heavy (non-hydrogen) atoms. The van der Waals surface area contributed by atoms with Crippen molar-refractivity contribution < 1.29 is 4.39 Å². The highest BCUT2D eigenvalue weighted by atomic mass is 19.1. The molecule has 3 rings (SSSR count). The molecule has 2 N–H and O–H groups in total. The number of nitrogens with two attached hydrogens (primary N) is 1. The van der Waals surface area contributed by atoms with Gasteiger partial charge in [0.2, 0.25) is 0 Å². The van der Waals surface area contributed by atoms with Crippen LogP contribution in [0.25, 0.3) is 17.0 Å². The van der Waals surface area contributed by atoms with E-state index in [1.54, 1.807) is 16.7 Å². The monoisotopic (exact) mass is 259 g/mol. The first kappa shape index (κ1) is 11.7. The molecular weight excluding hydrogens is 245 g/mol. The Morgan fingerprint density at radius 1 is 1.32 bits per heavy atom. The first-order valence-corrected chi connectivity index (χ1v) is 6.16. The lowest BCUT2D eigenvalue weighted by Gasteiger charge is -2.04. The number of aromatic nitrogens is 4. The smallest absolute Gasteiger partial charge is 0.140 e. The van der Waals surface area contributed by atoms with Crippen molar-refractivity contribution in [1.82, 2.24) is 19.2 Å². The molecule has 98 valence electrons. The standard InChI is InChI=1S/C13H14FN5/c1-2-7-19-10(5-6-16-19)12-13(15)18-8-9(14)3-4-11(18)17-12/h3-6,8H,2,7,15H2,1H3. The Balaban J connectivity index is 2.19. The molecule has 0 bridgehead atoms. The van der Waals surface area contributed by atoms with Gasteiger partial charge in [0.25, 0.3) is 0 Å². The third kappa shape index (κ3) is 1.85. The maximum Gasteiger partial charge on any atom is 0.140 e. The number of hydrogen-bond acceptors (Lipinski definition) is 3. The molecule has 5 nitrogen and oxygen atoms in total. The zero-order valence-corrected chi connectivity index (χ0v) is 10.5. The van der Waals surface area contributed by atoms with Gasteiger partial charge in [-0.25, -0.2) is 9.37 Å². The van der Waals surface area contributed by atoms with Gasteiger partial charge >= 0.3 is 0 Å². The molecular formula is C13H14FN5. The van der Waals surface area contributed by atoms with Crippen LogP contribution in [0, 0.1) is 5.82 Å². The molecule has 0 radical (unpaired) electrons. The van der Waals surface area contributed by atoms with Crippen molar-refractivity contribution in [2.45, 2.75) is 19.9 Å². The Bertz CT molecular complexity index is 728. The summed E-state index contributed by atoms with van der Waals surface area (Å²) in [7, 11) is 0. The average Bonchev–Trinajstić information content (AvgIpc) is 2.96. The number of aryl methyl sites for hydroxylation is 1. The van der Waals surface area contributed by atoms with E-state index in [4.69, 9.17) is 5.73 Å². The molecule has 3 aromatic heterocycles. The number of pyridine rings is 1. The van der Waals surface area contributed by atoms with Crippen LogP contribution in [0.5, 0.6) is 0 Å². The maximum absolute atomic E-state index is 13.2. The van der Waals surface area contributed by atoms with E-state index in [-0.39, 0.29) is 5.82 Å². The average molecular weight is 259 g/mol. The summed E-state index contributed by atoms with van der Waals surface area (Å²) in [5, 5.41) is 4.25. The minimum absolute atomic E-state index is 0.342. The van der Waals surface area contributed by atoms with Gasteiger partial charge in [0.1, 0.15) is 23.0 Å². The van der Waals surface area contributed by atoms with Gasteiger partial charge in [-0.15, -0.1) is 0 Å². The Morgan fingerprint density at radius 2 is 2.16 bits per heavy atom. The molecule has 0 saturated heterocycles. The van der Waals surface area contributed by atoms with Gasteiger partial charge in [-0.2, -0.15) is 5.10 Å². The van der Waals surface area contributed by atoms with Crippen LogP contribution in [-0.4, -0.2) is 19.2 Å². The Kier molecular flexibility index (Phi) is 2.70. The fraction of sp³-hybridized carbons (Fsp3) is 0.231. The van der Waals surface area contributed by atoms with E-state index in [0.29, 0.717) is 17.2 Å².